The van der Waals surface area contributed by atoms with Crippen molar-refractivity contribution in [2.75, 3.05) is 7.11 Å². The molecule has 2 aliphatic carbocycles. The van der Waals surface area contributed by atoms with Crippen LogP contribution in [0.2, 0.25) is 0 Å². The Morgan fingerprint density at radius 2 is 2.00 bits per heavy atom. The molecule has 2 saturated carbocycles. The molecule has 0 saturated heterocycles. The second kappa shape index (κ2) is 2.38. The van der Waals surface area contributed by atoms with E-state index in [0.717, 1.165) is 11.5 Å². The minimum Gasteiger partial charge on any atom is -0.492 e. The number of hydrogen-bond donors (Lipinski definition) is 0. The lowest BCUT2D eigenvalue weighted by molar-refractivity contribution is 0.404. The van der Waals surface area contributed by atoms with Crippen LogP contribution in [0.5, 0.6) is 5.75 Å². The Balaban J connectivity index is 2.23. The first-order valence-corrected chi connectivity index (χ1v) is 4.96. The van der Waals surface area contributed by atoms with Crippen molar-refractivity contribution in [3.05, 3.63) is 40.1 Å². The lowest BCUT2D eigenvalue weighted by atomic mass is 10.0. The van der Waals surface area contributed by atoms with Gasteiger partial charge in [0.2, 0.25) is 5.43 Å². The van der Waals surface area contributed by atoms with Crippen LogP contribution in [0.3, 0.4) is 0 Å². The summed E-state index contributed by atoms with van der Waals surface area (Å²) in [4.78, 5) is 11.6. The molecule has 0 radical (unpaired) electrons. The molecule has 0 bridgehead atoms. The maximum absolute atomic E-state index is 11.6. The van der Waals surface area contributed by atoms with Gasteiger partial charge in [0.15, 0.2) is 5.75 Å². The predicted molar refractivity (Wildman–Crippen MR) is 53.7 cm³/mol. The highest BCUT2D eigenvalue weighted by molar-refractivity contribution is 5.50. The van der Waals surface area contributed by atoms with Gasteiger partial charge in [0.25, 0.3) is 0 Å². The average Bonchev–Trinajstić information content (AvgIpc) is 2.93. The normalized spacial score (nSPS) is 31.9. The summed E-state index contributed by atoms with van der Waals surface area (Å²) in [6, 6.07) is 7.32. The van der Waals surface area contributed by atoms with E-state index in [9.17, 15) is 4.79 Å². The van der Waals surface area contributed by atoms with Crippen LogP contribution >= 0.6 is 0 Å². The molecule has 1 aromatic rings. The Kier molecular flexibility index (Phi) is 1.37. The van der Waals surface area contributed by atoms with Gasteiger partial charge in [-0.2, -0.15) is 0 Å². The van der Waals surface area contributed by atoms with Crippen molar-refractivity contribution in [3.63, 3.8) is 0 Å². The van der Waals surface area contributed by atoms with E-state index in [-0.39, 0.29) is 5.43 Å². The molecule has 2 nitrogen and oxygen atoms in total. The molecule has 2 fully saturated rings. The largest absolute Gasteiger partial charge is 0.492 e. The maximum atomic E-state index is 11.6. The molecule has 0 aliphatic heterocycles. The van der Waals surface area contributed by atoms with E-state index in [1.165, 1.54) is 12.8 Å². The Bertz CT molecular complexity index is 444. The van der Waals surface area contributed by atoms with Crippen LogP contribution in [0.25, 0.3) is 0 Å². The summed E-state index contributed by atoms with van der Waals surface area (Å²) in [5.41, 5.74) is 1.46. The highest BCUT2D eigenvalue weighted by atomic mass is 16.5. The van der Waals surface area contributed by atoms with Gasteiger partial charge >= 0.3 is 0 Å². The molecule has 2 aliphatic rings. The maximum Gasteiger partial charge on any atom is 0.220 e. The molecular weight excluding hydrogens is 176 g/mol. The molecule has 0 heterocycles. The molecule has 0 atom stereocenters. The summed E-state index contributed by atoms with van der Waals surface area (Å²) in [7, 11) is 1.58. The molecule has 0 N–H and O–H groups in total. The van der Waals surface area contributed by atoms with Crippen LogP contribution in [0, 0.1) is 5.92 Å². The van der Waals surface area contributed by atoms with Gasteiger partial charge in [-0.3, -0.25) is 4.79 Å². The molecule has 1 aromatic carbocycles. The lowest BCUT2D eigenvalue weighted by Gasteiger charge is -2.06. The molecule has 14 heavy (non-hydrogen) atoms. The van der Waals surface area contributed by atoms with Crippen molar-refractivity contribution in [2.24, 2.45) is 5.92 Å². The van der Waals surface area contributed by atoms with Crippen molar-refractivity contribution in [3.8, 4) is 5.75 Å². The van der Waals surface area contributed by atoms with E-state index in [1.54, 1.807) is 19.2 Å². The Morgan fingerprint density at radius 3 is 2.57 bits per heavy atom. The molecular formula is C12H12O2. The molecule has 0 unspecified atom stereocenters. The molecule has 3 rings (SSSR count). The number of rotatable bonds is 2. The van der Waals surface area contributed by atoms with E-state index in [2.05, 4.69) is 0 Å². The van der Waals surface area contributed by atoms with Crippen LogP contribution in [0.1, 0.15) is 18.4 Å². The number of methoxy groups -OCH3 is 1. The second-order valence-corrected chi connectivity index (χ2v) is 4.29. The van der Waals surface area contributed by atoms with Crippen molar-refractivity contribution in [1.29, 1.82) is 0 Å². The van der Waals surface area contributed by atoms with Gasteiger partial charge in [-0.25, -0.2) is 0 Å². The predicted octanol–water partition coefficient (Wildman–Crippen LogP) is 1.72. The smallest absolute Gasteiger partial charge is 0.220 e. The summed E-state index contributed by atoms with van der Waals surface area (Å²) in [6.45, 7) is 0. The Morgan fingerprint density at radius 1 is 1.36 bits per heavy atom. The van der Waals surface area contributed by atoms with Crippen LogP contribution in [0.15, 0.2) is 29.1 Å². The summed E-state index contributed by atoms with van der Waals surface area (Å²) in [6.07, 6.45) is 2.49. The highest BCUT2D eigenvalue weighted by Crippen LogP contribution is 2.76. The fraction of sp³-hybridized carbons (Fsp3) is 0.417. The fourth-order valence-electron chi connectivity index (χ4n) is 2.32. The number of fused-ring (bicyclic) bond motifs is 1. The first kappa shape index (κ1) is 8.04. The third-order valence-corrected chi connectivity index (χ3v) is 3.51. The van der Waals surface area contributed by atoms with Crippen LogP contribution in [0.4, 0.5) is 0 Å². The van der Waals surface area contributed by atoms with Gasteiger partial charge in [0, 0.05) is 11.0 Å². The van der Waals surface area contributed by atoms with E-state index < -0.39 is 0 Å². The molecule has 0 aromatic heterocycles. The molecule has 0 spiro atoms. The van der Waals surface area contributed by atoms with E-state index in [4.69, 9.17) is 4.74 Å². The lowest BCUT2D eigenvalue weighted by Crippen LogP contribution is -2.06. The minimum atomic E-state index is -0.000532. The summed E-state index contributed by atoms with van der Waals surface area (Å²) >= 11 is 0. The molecule has 2 heteroatoms. The van der Waals surface area contributed by atoms with Crippen molar-refractivity contribution in [2.45, 2.75) is 18.3 Å². The zero-order chi connectivity index (χ0) is 9.76. The van der Waals surface area contributed by atoms with Gasteiger partial charge in [0.05, 0.1) is 7.11 Å². The first-order valence-electron chi connectivity index (χ1n) is 4.96. The highest BCUT2D eigenvalue weighted by Gasteiger charge is 2.71. The quantitative estimate of drug-likeness (QED) is 0.706. The zero-order valence-electron chi connectivity index (χ0n) is 8.12. The third kappa shape index (κ3) is 0.884. The fourth-order valence-corrected chi connectivity index (χ4v) is 2.32. The number of hydrogen-bond acceptors (Lipinski definition) is 2. The monoisotopic (exact) mass is 188 g/mol. The van der Waals surface area contributed by atoms with Crippen molar-refractivity contribution in [1.82, 2.24) is 0 Å². The van der Waals surface area contributed by atoms with E-state index in [1.807, 2.05) is 12.1 Å². The second-order valence-electron chi connectivity index (χ2n) is 4.29. The average molecular weight is 188 g/mol. The number of ether oxygens (including phenoxy) is 1. The van der Waals surface area contributed by atoms with E-state index in [0.29, 0.717) is 11.2 Å². The molecule has 72 valence electrons. The standard InChI is InChI=1S/C12H12O2/c1-14-11-9(12-6-8(12)7-12)4-2-3-5-10(11)13/h2-5,8H,6-7H2,1H3. The van der Waals surface area contributed by atoms with Gasteiger partial charge in [-0.15, -0.1) is 0 Å². The SMILES string of the molecule is COc1c(C23CC2C3)ccccc1=O. The van der Waals surface area contributed by atoms with Crippen molar-refractivity contribution < 1.29 is 4.74 Å². The summed E-state index contributed by atoms with van der Waals surface area (Å²) in [5.74, 6) is 1.38. The van der Waals surface area contributed by atoms with Crippen LogP contribution in [-0.4, -0.2) is 7.11 Å². The van der Waals surface area contributed by atoms with Gasteiger partial charge in [-0.05, 0) is 24.8 Å². The zero-order valence-corrected chi connectivity index (χ0v) is 8.12. The van der Waals surface area contributed by atoms with Crippen LogP contribution < -0.4 is 10.2 Å². The van der Waals surface area contributed by atoms with Crippen LogP contribution in [-0.2, 0) is 5.41 Å². The summed E-state index contributed by atoms with van der Waals surface area (Å²) < 4.78 is 5.22. The van der Waals surface area contributed by atoms with E-state index >= 15 is 0 Å². The topological polar surface area (TPSA) is 26.3 Å². The minimum absolute atomic E-state index is 0.000532. The Labute approximate surface area is 82.5 Å². The third-order valence-electron chi connectivity index (χ3n) is 3.51. The van der Waals surface area contributed by atoms with Crippen molar-refractivity contribution >= 4 is 0 Å². The van der Waals surface area contributed by atoms with Gasteiger partial charge < -0.3 is 4.74 Å². The molecule has 0 amide bonds. The van der Waals surface area contributed by atoms with Gasteiger partial charge in [-0.1, -0.05) is 18.2 Å². The first-order chi connectivity index (χ1) is 6.78. The Hall–Kier alpha value is -1.31. The van der Waals surface area contributed by atoms with Gasteiger partial charge in [0.1, 0.15) is 0 Å². The summed E-state index contributed by atoms with van der Waals surface area (Å²) in [5, 5.41) is 0.